The van der Waals surface area contributed by atoms with Crippen LogP contribution in [0.4, 0.5) is 0 Å². The minimum Gasteiger partial charge on any atom is -0.380 e. The highest BCUT2D eigenvalue weighted by Gasteiger charge is 2.04. The second-order valence-electron chi connectivity index (χ2n) is 3.38. The van der Waals surface area contributed by atoms with Crippen molar-refractivity contribution in [3.05, 3.63) is 41.5 Å². The molecule has 0 aliphatic rings. The molecule has 0 saturated carbocycles. The molecule has 1 aromatic carbocycles. The number of hydrogen-bond donors (Lipinski definition) is 0. The van der Waals surface area contributed by atoms with Crippen LogP contribution in [-0.2, 0) is 4.74 Å². The van der Waals surface area contributed by atoms with Crippen molar-refractivity contribution in [2.75, 3.05) is 13.7 Å². The van der Waals surface area contributed by atoms with Crippen LogP contribution in [0.15, 0.2) is 35.9 Å². The lowest BCUT2D eigenvalue weighted by molar-refractivity contribution is 0.104. The fourth-order valence-corrected chi connectivity index (χ4v) is 1.29. The lowest BCUT2D eigenvalue weighted by Gasteiger charge is -2.02. The summed E-state index contributed by atoms with van der Waals surface area (Å²) in [5.74, 6) is -0.0809. The minimum absolute atomic E-state index is 0.0809. The Morgan fingerprint density at radius 1 is 1.47 bits per heavy atom. The Hall–Kier alpha value is -1.35. The first kappa shape index (κ1) is 11.7. The van der Waals surface area contributed by atoms with Crippen molar-refractivity contribution < 1.29 is 9.53 Å². The molecular weight excluding hydrogens is 187 g/mol. The molecule has 0 aliphatic carbocycles. The van der Waals surface area contributed by atoms with Gasteiger partial charge in [0.2, 0.25) is 0 Å². The van der Waals surface area contributed by atoms with Crippen LogP contribution in [0.25, 0.3) is 0 Å². The zero-order chi connectivity index (χ0) is 11.3. The summed E-state index contributed by atoms with van der Waals surface area (Å²) in [4.78, 5) is 11.7. The first-order valence-corrected chi connectivity index (χ1v) is 4.70. The zero-order valence-corrected chi connectivity index (χ0v) is 8.99. The summed E-state index contributed by atoms with van der Waals surface area (Å²) in [5.41, 5.74) is 1.92. The third-order valence-corrected chi connectivity index (χ3v) is 1.98. The molecule has 2 radical (unpaired) electrons. The summed E-state index contributed by atoms with van der Waals surface area (Å²) in [7, 11) is 7.29. The summed E-state index contributed by atoms with van der Waals surface area (Å²) in [6.45, 7) is 2.30. The Morgan fingerprint density at radius 2 is 2.13 bits per heavy atom. The third-order valence-electron chi connectivity index (χ3n) is 1.98. The van der Waals surface area contributed by atoms with Gasteiger partial charge in [0, 0.05) is 12.7 Å². The van der Waals surface area contributed by atoms with Gasteiger partial charge in [-0.25, -0.2) is 0 Å². The van der Waals surface area contributed by atoms with Crippen LogP contribution in [0.3, 0.4) is 0 Å². The number of benzene rings is 1. The second-order valence-corrected chi connectivity index (χ2v) is 3.38. The standard InChI is InChI=1S/C12H13BO2/c1-9(8-15-2)7-12(14)10-5-3-4-6-11(10)13/h3-7H,8H2,1-2H3/b9-7+. The normalized spacial score (nSPS) is 11.5. The molecule has 0 bridgehead atoms. The molecule has 0 fully saturated rings. The molecule has 1 rings (SSSR count). The lowest BCUT2D eigenvalue weighted by Crippen LogP contribution is -2.14. The van der Waals surface area contributed by atoms with Gasteiger partial charge in [-0.2, -0.15) is 0 Å². The van der Waals surface area contributed by atoms with Crippen LogP contribution in [0.5, 0.6) is 0 Å². The smallest absolute Gasteiger partial charge is 0.185 e. The van der Waals surface area contributed by atoms with E-state index in [1.54, 1.807) is 37.5 Å². The highest BCUT2D eigenvalue weighted by Crippen LogP contribution is 2.01. The van der Waals surface area contributed by atoms with E-state index in [0.29, 0.717) is 17.6 Å². The number of carbonyl (C=O) groups excluding carboxylic acids is 1. The van der Waals surface area contributed by atoms with E-state index in [4.69, 9.17) is 12.6 Å². The van der Waals surface area contributed by atoms with Crippen molar-refractivity contribution in [2.24, 2.45) is 0 Å². The Kier molecular flexibility index (Phi) is 4.31. The van der Waals surface area contributed by atoms with Gasteiger partial charge in [0.15, 0.2) is 5.78 Å². The van der Waals surface area contributed by atoms with Crippen molar-refractivity contribution in [3.63, 3.8) is 0 Å². The monoisotopic (exact) mass is 200 g/mol. The zero-order valence-electron chi connectivity index (χ0n) is 8.99. The number of ether oxygens (including phenoxy) is 1. The maximum Gasteiger partial charge on any atom is 0.185 e. The molecule has 15 heavy (non-hydrogen) atoms. The lowest BCUT2D eigenvalue weighted by atomic mass is 9.88. The molecule has 2 nitrogen and oxygen atoms in total. The van der Waals surface area contributed by atoms with E-state index in [9.17, 15) is 4.79 Å². The molecule has 0 amide bonds. The highest BCUT2D eigenvalue weighted by molar-refractivity contribution is 6.37. The SMILES string of the molecule is [B]c1ccccc1C(=O)/C=C(\C)COC. The van der Waals surface area contributed by atoms with Gasteiger partial charge in [-0.05, 0) is 18.6 Å². The van der Waals surface area contributed by atoms with Crippen molar-refractivity contribution in [1.82, 2.24) is 0 Å². The molecule has 0 unspecified atom stereocenters. The topological polar surface area (TPSA) is 26.3 Å². The van der Waals surface area contributed by atoms with Crippen LogP contribution < -0.4 is 5.46 Å². The predicted octanol–water partition coefficient (Wildman–Crippen LogP) is 1.26. The van der Waals surface area contributed by atoms with Gasteiger partial charge in [-0.15, -0.1) is 0 Å². The van der Waals surface area contributed by atoms with Crippen LogP contribution in [0, 0.1) is 0 Å². The van der Waals surface area contributed by atoms with E-state index < -0.39 is 0 Å². The number of rotatable bonds is 4. The van der Waals surface area contributed by atoms with Gasteiger partial charge in [0.05, 0.1) is 6.61 Å². The summed E-state index contributed by atoms with van der Waals surface area (Å²) in [6.07, 6.45) is 1.55. The fourth-order valence-electron chi connectivity index (χ4n) is 1.29. The first-order chi connectivity index (χ1) is 7.15. The molecule has 0 saturated heterocycles. The molecule has 0 aliphatic heterocycles. The van der Waals surface area contributed by atoms with E-state index in [1.807, 2.05) is 6.92 Å². The molecule has 0 spiro atoms. The van der Waals surface area contributed by atoms with E-state index in [1.165, 1.54) is 0 Å². The van der Waals surface area contributed by atoms with Gasteiger partial charge < -0.3 is 4.74 Å². The molecule has 1 aromatic rings. The van der Waals surface area contributed by atoms with E-state index in [0.717, 1.165) is 5.57 Å². The average molecular weight is 200 g/mol. The van der Waals surface area contributed by atoms with Gasteiger partial charge in [0.1, 0.15) is 7.85 Å². The third kappa shape index (κ3) is 3.37. The maximum atomic E-state index is 11.7. The molecule has 0 heterocycles. The quantitative estimate of drug-likeness (QED) is 0.415. The number of ketones is 1. The van der Waals surface area contributed by atoms with E-state index >= 15 is 0 Å². The molecule has 0 aromatic heterocycles. The summed E-state index contributed by atoms with van der Waals surface area (Å²) in [6, 6.07) is 7.03. The van der Waals surface area contributed by atoms with Gasteiger partial charge in [-0.1, -0.05) is 29.7 Å². The first-order valence-electron chi connectivity index (χ1n) is 4.70. The van der Waals surface area contributed by atoms with Crippen molar-refractivity contribution >= 4 is 19.1 Å². The summed E-state index contributed by atoms with van der Waals surface area (Å²) >= 11 is 0. The molecular formula is C12H13BO2. The van der Waals surface area contributed by atoms with Crippen LogP contribution in [0.2, 0.25) is 0 Å². The fraction of sp³-hybridized carbons (Fsp3) is 0.250. The number of methoxy groups -OCH3 is 1. The Labute approximate surface area is 91.4 Å². The Bertz CT molecular complexity index is 383. The average Bonchev–Trinajstić information content (AvgIpc) is 2.18. The largest absolute Gasteiger partial charge is 0.380 e. The van der Waals surface area contributed by atoms with Crippen molar-refractivity contribution in [2.45, 2.75) is 6.92 Å². The summed E-state index contributed by atoms with van der Waals surface area (Å²) < 4.78 is 4.92. The Morgan fingerprint density at radius 3 is 2.73 bits per heavy atom. The van der Waals surface area contributed by atoms with E-state index in [-0.39, 0.29) is 5.78 Å². The second kappa shape index (κ2) is 5.52. The minimum atomic E-state index is -0.0809. The van der Waals surface area contributed by atoms with Crippen LogP contribution in [-0.4, -0.2) is 27.3 Å². The summed E-state index contributed by atoms with van der Waals surface area (Å²) in [5, 5.41) is 0. The van der Waals surface area contributed by atoms with Crippen molar-refractivity contribution in [3.8, 4) is 0 Å². The maximum absolute atomic E-state index is 11.7. The predicted molar refractivity (Wildman–Crippen MR) is 61.8 cm³/mol. The number of carbonyl (C=O) groups is 1. The van der Waals surface area contributed by atoms with Gasteiger partial charge >= 0.3 is 0 Å². The number of hydrogen-bond acceptors (Lipinski definition) is 2. The van der Waals surface area contributed by atoms with Crippen molar-refractivity contribution in [1.29, 1.82) is 0 Å². The highest BCUT2D eigenvalue weighted by atomic mass is 16.5. The van der Waals surface area contributed by atoms with Gasteiger partial charge in [0.25, 0.3) is 0 Å². The molecule has 0 N–H and O–H groups in total. The Balaban J connectivity index is 2.86. The molecule has 76 valence electrons. The van der Waals surface area contributed by atoms with Crippen LogP contribution in [0.1, 0.15) is 17.3 Å². The number of allylic oxidation sites excluding steroid dienone is 1. The van der Waals surface area contributed by atoms with Gasteiger partial charge in [-0.3, -0.25) is 4.79 Å². The van der Waals surface area contributed by atoms with Crippen LogP contribution >= 0.6 is 0 Å². The molecule has 0 atom stereocenters. The molecule has 3 heteroatoms. The van der Waals surface area contributed by atoms with E-state index in [2.05, 4.69) is 0 Å².